The van der Waals surface area contributed by atoms with Crippen LogP contribution in [-0.4, -0.2) is 4.98 Å². The number of fused-ring (bicyclic) bond motifs is 6. The van der Waals surface area contributed by atoms with Gasteiger partial charge in [0.1, 0.15) is 11.6 Å². The number of hydrogen-bond acceptors (Lipinski definition) is 4. The van der Waals surface area contributed by atoms with Gasteiger partial charge < -0.3 is 4.90 Å². The van der Waals surface area contributed by atoms with Crippen LogP contribution in [0.3, 0.4) is 0 Å². The lowest BCUT2D eigenvalue weighted by atomic mass is 9.66. The van der Waals surface area contributed by atoms with Crippen molar-refractivity contribution < 1.29 is 0 Å². The molecular formula is C62H62N4. The van der Waals surface area contributed by atoms with E-state index in [1.54, 1.807) is 16.7 Å². The third-order valence-electron chi connectivity index (χ3n) is 20.9. The normalized spacial score (nSPS) is 36.7. The lowest BCUT2D eigenvalue weighted by Gasteiger charge is -2.39. The zero-order chi connectivity index (χ0) is 42.9. The molecule has 4 nitrogen and oxygen atoms in total. The smallest absolute Gasteiger partial charge is 0.140 e. The molecule has 19 rings (SSSR count). The molecule has 1 aliphatic heterocycles. The Morgan fingerprint density at radius 3 is 1.15 bits per heavy atom. The standard InChI is InChI=1S/C62H62N4/c1-4-54-30-56(6-1)65(52-16-10-46(11-17-52)60-32-43-24-44(37-60)45(25-43)38-60)58-8-3-9-59(63-58)66(53-20-14-48(15-21-53)62-35-41-23-42(36-62)29-50(62)28-41)57-7-2-5-55(31-57)64(54)51-18-12-47(13-19-51)61-33-39-22-40(34-61)27-49(61)26-39/h1-21,30-31,39-45,49-50H,22-29,32-38H2. The van der Waals surface area contributed by atoms with Crippen molar-refractivity contribution in [1.29, 1.82) is 0 Å². The molecule has 0 N–H and O–H groups in total. The molecule has 6 aromatic rings. The Kier molecular flexibility index (Phi) is 7.67. The first-order chi connectivity index (χ1) is 32.4. The minimum Gasteiger partial charge on any atom is -0.310 e. The maximum atomic E-state index is 5.66. The fourth-order valence-corrected chi connectivity index (χ4v) is 19.0. The average molecular weight is 863 g/mol. The van der Waals surface area contributed by atoms with Crippen LogP contribution in [0.15, 0.2) is 140 Å². The van der Waals surface area contributed by atoms with Crippen LogP contribution in [0.4, 0.5) is 51.4 Å². The SMILES string of the molecule is c1cc2cc(c1)N(c1ccc(C34CC5CC(C3)C(C5)C4)cc1)c1cccc(n1)N(c1ccc(C34CC5CC(CC3C5)C4)cc1)c1cccc(c1)N2c1ccc(C23CC4CC(CC2C4)C3)cc1. The number of hydrogen-bond donors (Lipinski definition) is 0. The number of rotatable bonds is 6. The van der Waals surface area contributed by atoms with Crippen LogP contribution in [0, 0.1) is 53.3 Å². The van der Waals surface area contributed by atoms with Crippen molar-refractivity contribution in [3.63, 3.8) is 0 Å². The van der Waals surface area contributed by atoms with Crippen LogP contribution in [-0.2, 0) is 16.2 Å². The first kappa shape index (κ1) is 37.7. The van der Waals surface area contributed by atoms with Gasteiger partial charge in [-0.15, -0.1) is 0 Å². The Balaban J connectivity index is 0.838. The quantitative estimate of drug-likeness (QED) is 0.166. The zero-order valence-electron chi connectivity index (χ0n) is 38.4. The van der Waals surface area contributed by atoms with Gasteiger partial charge >= 0.3 is 0 Å². The fraction of sp³-hybridized carbons (Fsp3) is 0.435. The summed E-state index contributed by atoms with van der Waals surface area (Å²) in [5.41, 5.74) is 14.0. The van der Waals surface area contributed by atoms with Crippen molar-refractivity contribution in [2.24, 2.45) is 53.3 Å². The molecule has 2 heterocycles. The van der Waals surface area contributed by atoms with E-state index in [1.165, 1.54) is 102 Å². The Morgan fingerprint density at radius 2 is 0.712 bits per heavy atom. The van der Waals surface area contributed by atoms with Gasteiger partial charge in [-0.25, -0.2) is 4.98 Å². The topological polar surface area (TPSA) is 22.6 Å². The van der Waals surface area contributed by atoms with E-state index in [1.807, 2.05) is 0 Å². The number of nitrogens with zero attached hydrogens (tertiary/aromatic N) is 4. The second-order valence-electron chi connectivity index (χ2n) is 24.2. The van der Waals surface area contributed by atoms with E-state index in [-0.39, 0.29) is 0 Å². The Morgan fingerprint density at radius 1 is 0.333 bits per heavy atom. The first-order valence-corrected chi connectivity index (χ1v) is 26.3. The van der Waals surface area contributed by atoms with E-state index < -0.39 is 0 Å². The molecule has 330 valence electrons. The van der Waals surface area contributed by atoms with Crippen LogP contribution < -0.4 is 14.7 Å². The summed E-state index contributed by atoms with van der Waals surface area (Å²) in [6.07, 6.45) is 21.4. The lowest BCUT2D eigenvalue weighted by molar-refractivity contribution is 0.229. The molecule has 6 atom stereocenters. The van der Waals surface area contributed by atoms with Gasteiger partial charge in [0, 0.05) is 39.8 Å². The van der Waals surface area contributed by atoms with Crippen LogP contribution in [0.5, 0.6) is 0 Å². The average Bonchev–Trinajstić information content (AvgIpc) is 4.09. The summed E-state index contributed by atoms with van der Waals surface area (Å²) in [6, 6.07) is 54.7. The molecule has 18 bridgehead atoms. The second kappa shape index (κ2) is 13.4. The molecule has 0 radical (unpaired) electrons. The predicted octanol–water partition coefficient (Wildman–Crippen LogP) is 16.0. The minimum absolute atomic E-state index is 0.376. The van der Waals surface area contributed by atoms with Crippen LogP contribution in [0.1, 0.15) is 113 Å². The molecule has 12 aliphatic carbocycles. The molecule has 4 heteroatoms. The van der Waals surface area contributed by atoms with Crippen LogP contribution in [0.2, 0.25) is 0 Å². The lowest BCUT2D eigenvalue weighted by Crippen LogP contribution is -2.31. The molecule has 66 heavy (non-hydrogen) atoms. The highest BCUT2D eigenvalue weighted by atomic mass is 15.3. The van der Waals surface area contributed by atoms with Crippen LogP contribution >= 0.6 is 0 Å². The summed E-state index contributed by atoms with van der Waals surface area (Å²) in [5.74, 6) is 10.2. The van der Waals surface area contributed by atoms with Crippen molar-refractivity contribution in [3.8, 4) is 0 Å². The fourth-order valence-electron chi connectivity index (χ4n) is 19.0. The maximum absolute atomic E-state index is 5.66. The van der Waals surface area contributed by atoms with E-state index in [2.05, 4.69) is 154 Å². The highest BCUT2D eigenvalue weighted by Gasteiger charge is 2.60. The monoisotopic (exact) mass is 862 g/mol. The summed E-state index contributed by atoms with van der Waals surface area (Å²) in [7, 11) is 0. The van der Waals surface area contributed by atoms with Crippen molar-refractivity contribution in [2.45, 2.75) is 113 Å². The number of anilines is 9. The van der Waals surface area contributed by atoms with Gasteiger partial charge in [0.2, 0.25) is 0 Å². The van der Waals surface area contributed by atoms with Gasteiger partial charge in [0.05, 0.1) is 0 Å². The number of aromatic nitrogens is 1. The van der Waals surface area contributed by atoms with Gasteiger partial charge in [-0.3, -0.25) is 9.80 Å². The molecule has 0 spiro atoms. The van der Waals surface area contributed by atoms with Gasteiger partial charge in [-0.2, -0.15) is 0 Å². The van der Waals surface area contributed by atoms with E-state index >= 15 is 0 Å². The molecule has 1 aromatic heterocycles. The third-order valence-corrected chi connectivity index (χ3v) is 20.9. The van der Waals surface area contributed by atoms with Crippen molar-refractivity contribution >= 4 is 51.4 Å². The van der Waals surface area contributed by atoms with Crippen LogP contribution in [0.25, 0.3) is 0 Å². The molecule has 0 amide bonds. The highest BCUT2D eigenvalue weighted by Crippen LogP contribution is 2.68. The second-order valence-corrected chi connectivity index (χ2v) is 24.2. The molecule has 12 saturated carbocycles. The van der Waals surface area contributed by atoms with Crippen molar-refractivity contribution in [1.82, 2.24) is 4.98 Å². The van der Waals surface area contributed by atoms with Gasteiger partial charge in [-0.1, -0.05) is 54.6 Å². The van der Waals surface area contributed by atoms with E-state index in [9.17, 15) is 0 Å². The Bertz CT molecular complexity index is 2720. The first-order valence-electron chi connectivity index (χ1n) is 26.3. The van der Waals surface area contributed by atoms with Crippen molar-refractivity contribution in [2.75, 3.05) is 14.7 Å². The minimum atomic E-state index is 0.376. The summed E-state index contributed by atoms with van der Waals surface area (Å²) < 4.78 is 0. The molecule has 5 aromatic carbocycles. The predicted molar refractivity (Wildman–Crippen MR) is 268 cm³/mol. The highest BCUT2D eigenvalue weighted by molar-refractivity contribution is 5.86. The summed E-state index contributed by atoms with van der Waals surface area (Å²) in [5, 5.41) is 0. The molecule has 13 aliphatic rings. The van der Waals surface area contributed by atoms with Gasteiger partial charge in [0.15, 0.2) is 0 Å². The molecule has 6 unspecified atom stereocenters. The number of pyridine rings is 1. The molecule has 12 fully saturated rings. The van der Waals surface area contributed by atoms with Gasteiger partial charge in [-0.05, 0) is 267 Å². The molecular weight excluding hydrogens is 801 g/mol. The van der Waals surface area contributed by atoms with Crippen molar-refractivity contribution in [3.05, 3.63) is 156 Å². The summed E-state index contributed by atoms with van der Waals surface area (Å²) >= 11 is 0. The van der Waals surface area contributed by atoms with Gasteiger partial charge in [0.25, 0.3) is 0 Å². The molecule has 0 saturated heterocycles. The maximum Gasteiger partial charge on any atom is 0.140 e. The largest absolute Gasteiger partial charge is 0.310 e. The van der Waals surface area contributed by atoms with E-state index in [0.29, 0.717) is 16.2 Å². The third kappa shape index (κ3) is 5.31. The number of benzene rings is 5. The summed E-state index contributed by atoms with van der Waals surface area (Å²) in [4.78, 5) is 13.0. The zero-order valence-corrected chi connectivity index (χ0v) is 38.4. The Labute approximate surface area is 391 Å². The Hall–Kier alpha value is -5.35. The van der Waals surface area contributed by atoms with E-state index in [4.69, 9.17) is 4.98 Å². The summed E-state index contributed by atoms with van der Waals surface area (Å²) in [6.45, 7) is 0. The van der Waals surface area contributed by atoms with E-state index in [0.717, 1.165) is 99.0 Å².